The average Bonchev–Trinajstić information content (AvgIpc) is 2.35. The van der Waals surface area contributed by atoms with Crippen molar-refractivity contribution in [1.29, 1.82) is 0 Å². The van der Waals surface area contributed by atoms with Gasteiger partial charge in [0.1, 0.15) is 0 Å². The molecular formula is C14H11Cl2NO. The molecule has 18 heavy (non-hydrogen) atoms. The standard InChI is InChI=1S/C14H11Cl2NO/c1-9-6-7-11(15)10(8-9)14(18)17-13-5-3-2-4-12(13)16/h2-8H,1H3,(H,17,18). The van der Waals surface area contributed by atoms with Gasteiger partial charge in [0.05, 0.1) is 21.3 Å². The van der Waals surface area contributed by atoms with Crippen LogP contribution in [0.25, 0.3) is 0 Å². The van der Waals surface area contributed by atoms with Gasteiger partial charge in [0.2, 0.25) is 0 Å². The molecular weight excluding hydrogens is 269 g/mol. The second kappa shape index (κ2) is 5.42. The van der Waals surface area contributed by atoms with Gasteiger partial charge in [0.25, 0.3) is 5.91 Å². The van der Waals surface area contributed by atoms with E-state index in [0.717, 1.165) is 5.56 Å². The number of amides is 1. The Morgan fingerprint density at radius 2 is 1.78 bits per heavy atom. The number of rotatable bonds is 2. The van der Waals surface area contributed by atoms with Crippen molar-refractivity contribution in [1.82, 2.24) is 0 Å². The number of anilines is 1. The van der Waals surface area contributed by atoms with Crippen LogP contribution in [0, 0.1) is 6.92 Å². The predicted molar refractivity (Wildman–Crippen MR) is 75.6 cm³/mol. The topological polar surface area (TPSA) is 29.1 Å². The second-order valence-corrected chi connectivity index (χ2v) is 4.73. The quantitative estimate of drug-likeness (QED) is 0.858. The van der Waals surface area contributed by atoms with Crippen molar-refractivity contribution in [3.8, 4) is 0 Å². The van der Waals surface area contributed by atoms with Gasteiger partial charge in [-0.1, -0.05) is 47.0 Å². The maximum Gasteiger partial charge on any atom is 0.257 e. The molecule has 0 aliphatic heterocycles. The molecule has 0 spiro atoms. The molecule has 0 heterocycles. The Morgan fingerprint density at radius 3 is 2.50 bits per heavy atom. The lowest BCUT2D eigenvalue weighted by molar-refractivity contribution is 0.102. The zero-order valence-corrected chi connectivity index (χ0v) is 11.2. The van der Waals surface area contributed by atoms with E-state index in [2.05, 4.69) is 5.32 Å². The molecule has 0 fully saturated rings. The number of hydrogen-bond acceptors (Lipinski definition) is 1. The fourth-order valence-corrected chi connectivity index (χ4v) is 1.95. The number of hydrogen-bond donors (Lipinski definition) is 1. The zero-order chi connectivity index (χ0) is 13.1. The van der Waals surface area contributed by atoms with Gasteiger partial charge in [-0.15, -0.1) is 0 Å². The molecule has 0 aliphatic carbocycles. The summed E-state index contributed by atoms with van der Waals surface area (Å²) in [4.78, 5) is 12.1. The summed E-state index contributed by atoms with van der Waals surface area (Å²) in [6.45, 7) is 1.91. The van der Waals surface area contributed by atoms with Crippen molar-refractivity contribution in [2.24, 2.45) is 0 Å². The van der Waals surface area contributed by atoms with Crippen LogP contribution in [0.5, 0.6) is 0 Å². The summed E-state index contributed by atoms with van der Waals surface area (Å²) < 4.78 is 0. The lowest BCUT2D eigenvalue weighted by atomic mass is 10.1. The van der Waals surface area contributed by atoms with E-state index in [1.54, 1.807) is 36.4 Å². The highest BCUT2D eigenvalue weighted by molar-refractivity contribution is 6.36. The van der Waals surface area contributed by atoms with Gasteiger partial charge >= 0.3 is 0 Å². The third-order valence-corrected chi connectivity index (χ3v) is 3.15. The van der Waals surface area contributed by atoms with Crippen LogP contribution in [0.4, 0.5) is 5.69 Å². The molecule has 0 saturated heterocycles. The van der Waals surface area contributed by atoms with E-state index in [0.29, 0.717) is 21.3 Å². The number of para-hydroxylation sites is 1. The summed E-state index contributed by atoms with van der Waals surface area (Å²) in [6.07, 6.45) is 0. The Bertz CT molecular complexity index is 596. The van der Waals surface area contributed by atoms with Crippen LogP contribution in [0.15, 0.2) is 42.5 Å². The van der Waals surface area contributed by atoms with Crippen LogP contribution >= 0.6 is 23.2 Å². The SMILES string of the molecule is Cc1ccc(Cl)c(C(=O)Nc2ccccc2Cl)c1. The van der Waals surface area contributed by atoms with E-state index in [-0.39, 0.29) is 5.91 Å². The molecule has 2 aromatic rings. The van der Waals surface area contributed by atoms with Gasteiger partial charge in [-0.25, -0.2) is 0 Å². The molecule has 0 bridgehead atoms. The van der Waals surface area contributed by atoms with Crippen molar-refractivity contribution in [3.63, 3.8) is 0 Å². The molecule has 0 atom stereocenters. The third kappa shape index (κ3) is 2.84. The Labute approximate surface area is 116 Å². The zero-order valence-electron chi connectivity index (χ0n) is 9.71. The fourth-order valence-electron chi connectivity index (χ4n) is 1.57. The van der Waals surface area contributed by atoms with Gasteiger partial charge in [-0.3, -0.25) is 4.79 Å². The maximum atomic E-state index is 12.1. The predicted octanol–water partition coefficient (Wildman–Crippen LogP) is 4.55. The molecule has 0 aromatic heterocycles. The Hall–Kier alpha value is -1.51. The van der Waals surface area contributed by atoms with Crippen molar-refractivity contribution in [2.75, 3.05) is 5.32 Å². The highest BCUT2D eigenvalue weighted by Gasteiger charge is 2.11. The van der Waals surface area contributed by atoms with Crippen molar-refractivity contribution >= 4 is 34.8 Å². The van der Waals surface area contributed by atoms with Gasteiger partial charge < -0.3 is 5.32 Å². The normalized spacial score (nSPS) is 10.2. The Morgan fingerprint density at radius 1 is 1.06 bits per heavy atom. The van der Waals surface area contributed by atoms with Crippen LogP contribution in [0.2, 0.25) is 10.0 Å². The smallest absolute Gasteiger partial charge is 0.257 e. The molecule has 0 aliphatic rings. The Kier molecular flexibility index (Phi) is 3.90. The van der Waals surface area contributed by atoms with Crippen molar-refractivity contribution in [3.05, 3.63) is 63.6 Å². The minimum absolute atomic E-state index is 0.267. The Balaban J connectivity index is 2.28. The van der Waals surface area contributed by atoms with E-state index in [1.165, 1.54) is 0 Å². The minimum Gasteiger partial charge on any atom is -0.321 e. The first-order chi connectivity index (χ1) is 8.58. The van der Waals surface area contributed by atoms with Gasteiger partial charge in [-0.2, -0.15) is 0 Å². The number of nitrogens with one attached hydrogen (secondary N) is 1. The average molecular weight is 280 g/mol. The van der Waals surface area contributed by atoms with E-state index < -0.39 is 0 Å². The molecule has 2 rings (SSSR count). The molecule has 2 aromatic carbocycles. The summed E-state index contributed by atoms with van der Waals surface area (Å²) in [7, 11) is 0. The number of benzene rings is 2. The summed E-state index contributed by atoms with van der Waals surface area (Å²) in [5.41, 5.74) is 1.99. The first-order valence-electron chi connectivity index (χ1n) is 5.40. The lowest BCUT2D eigenvalue weighted by Crippen LogP contribution is -2.12. The molecule has 2 nitrogen and oxygen atoms in total. The van der Waals surface area contributed by atoms with Gasteiger partial charge in [0, 0.05) is 0 Å². The highest BCUT2D eigenvalue weighted by Crippen LogP contribution is 2.23. The number of halogens is 2. The first-order valence-corrected chi connectivity index (χ1v) is 6.15. The molecule has 0 radical (unpaired) electrons. The largest absolute Gasteiger partial charge is 0.321 e. The van der Waals surface area contributed by atoms with E-state index in [9.17, 15) is 4.79 Å². The summed E-state index contributed by atoms with van der Waals surface area (Å²) in [6, 6.07) is 12.4. The van der Waals surface area contributed by atoms with E-state index in [4.69, 9.17) is 23.2 Å². The van der Waals surface area contributed by atoms with E-state index >= 15 is 0 Å². The van der Waals surface area contributed by atoms with Crippen molar-refractivity contribution < 1.29 is 4.79 Å². The lowest BCUT2D eigenvalue weighted by Gasteiger charge is -2.08. The van der Waals surface area contributed by atoms with E-state index in [1.807, 2.05) is 13.0 Å². The fraction of sp³-hybridized carbons (Fsp3) is 0.0714. The van der Waals surface area contributed by atoms with Crippen LogP contribution in [0.3, 0.4) is 0 Å². The summed E-state index contributed by atoms with van der Waals surface area (Å²) in [5.74, 6) is -0.267. The molecule has 92 valence electrons. The molecule has 4 heteroatoms. The highest BCUT2D eigenvalue weighted by atomic mass is 35.5. The number of aryl methyl sites for hydroxylation is 1. The molecule has 1 N–H and O–H groups in total. The minimum atomic E-state index is -0.267. The van der Waals surface area contributed by atoms with Gasteiger partial charge in [-0.05, 0) is 31.2 Å². The summed E-state index contributed by atoms with van der Waals surface area (Å²) in [5, 5.41) is 3.66. The monoisotopic (exact) mass is 279 g/mol. The van der Waals surface area contributed by atoms with Crippen LogP contribution < -0.4 is 5.32 Å². The maximum absolute atomic E-state index is 12.1. The summed E-state index contributed by atoms with van der Waals surface area (Å²) >= 11 is 12.0. The molecule has 0 saturated carbocycles. The number of carbonyl (C=O) groups is 1. The van der Waals surface area contributed by atoms with Crippen LogP contribution in [0.1, 0.15) is 15.9 Å². The number of carbonyl (C=O) groups excluding carboxylic acids is 1. The van der Waals surface area contributed by atoms with Crippen LogP contribution in [-0.4, -0.2) is 5.91 Å². The second-order valence-electron chi connectivity index (χ2n) is 3.92. The van der Waals surface area contributed by atoms with Crippen LogP contribution in [-0.2, 0) is 0 Å². The third-order valence-electron chi connectivity index (χ3n) is 2.49. The molecule has 1 amide bonds. The molecule has 0 unspecified atom stereocenters. The first kappa shape index (κ1) is 12.9. The van der Waals surface area contributed by atoms with Crippen molar-refractivity contribution in [2.45, 2.75) is 6.92 Å². The van der Waals surface area contributed by atoms with Gasteiger partial charge in [0.15, 0.2) is 0 Å².